The van der Waals surface area contributed by atoms with Crippen molar-refractivity contribution in [2.45, 2.75) is 52.4 Å². The number of hydrogen-bond acceptors (Lipinski definition) is 2. The van der Waals surface area contributed by atoms with Crippen LogP contribution in [0.2, 0.25) is 0 Å². The van der Waals surface area contributed by atoms with Gasteiger partial charge in [-0.05, 0) is 67.3 Å². The van der Waals surface area contributed by atoms with E-state index in [9.17, 15) is 5.11 Å². The van der Waals surface area contributed by atoms with Crippen LogP contribution in [0.5, 0.6) is 5.75 Å². The largest absolute Gasteiger partial charge is 0.507 e. The average Bonchev–Trinajstić information content (AvgIpc) is 2.42. The number of nitrogens with one attached hydrogen (secondary N) is 1. The molecule has 0 amide bonds. The van der Waals surface area contributed by atoms with E-state index in [2.05, 4.69) is 38.2 Å². The molecule has 1 saturated heterocycles. The Hall–Kier alpha value is -1.02. The first-order valence-electron chi connectivity index (χ1n) is 7.67. The summed E-state index contributed by atoms with van der Waals surface area (Å²) in [5.74, 6) is 1.70. The van der Waals surface area contributed by atoms with Gasteiger partial charge < -0.3 is 10.4 Å². The lowest BCUT2D eigenvalue weighted by Crippen LogP contribution is -2.31. The summed E-state index contributed by atoms with van der Waals surface area (Å²) in [6, 6.07) is 4.31. The third kappa shape index (κ3) is 3.30. The SMILES string of the molecule is CCc1ccc(C(C)C)c(CC2CCCNC2)c1O. The molecule has 1 heterocycles. The van der Waals surface area contributed by atoms with Crippen LogP contribution in [-0.2, 0) is 12.8 Å². The van der Waals surface area contributed by atoms with E-state index < -0.39 is 0 Å². The second-order valence-corrected chi connectivity index (χ2v) is 6.07. The number of piperidine rings is 1. The van der Waals surface area contributed by atoms with Crippen molar-refractivity contribution >= 4 is 0 Å². The van der Waals surface area contributed by atoms with Gasteiger partial charge in [0, 0.05) is 0 Å². The van der Waals surface area contributed by atoms with E-state index in [4.69, 9.17) is 0 Å². The number of phenolic OH excluding ortho intramolecular Hbond substituents is 1. The van der Waals surface area contributed by atoms with Crippen molar-refractivity contribution in [2.75, 3.05) is 13.1 Å². The summed E-state index contributed by atoms with van der Waals surface area (Å²) in [6.07, 6.45) is 4.45. The van der Waals surface area contributed by atoms with Crippen LogP contribution in [-0.4, -0.2) is 18.2 Å². The zero-order valence-electron chi connectivity index (χ0n) is 12.5. The van der Waals surface area contributed by atoms with Gasteiger partial charge >= 0.3 is 0 Å². The van der Waals surface area contributed by atoms with E-state index in [1.807, 2.05) is 0 Å². The highest BCUT2D eigenvalue weighted by atomic mass is 16.3. The molecule has 2 nitrogen and oxygen atoms in total. The first kappa shape index (κ1) is 14.4. The monoisotopic (exact) mass is 261 g/mol. The topological polar surface area (TPSA) is 32.3 Å². The second kappa shape index (κ2) is 6.42. The van der Waals surface area contributed by atoms with Crippen molar-refractivity contribution < 1.29 is 5.11 Å². The van der Waals surface area contributed by atoms with Crippen LogP contribution in [0.25, 0.3) is 0 Å². The lowest BCUT2D eigenvalue weighted by atomic mass is 9.85. The van der Waals surface area contributed by atoms with Crippen molar-refractivity contribution in [3.63, 3.8) is 0 Å². The Morgan fingerprint density at radius 1 is 1.37 bits per heavy atom. The summed E-state index contributed by atoms with van der Waals surface area (Å²) < 4.78 is 0. The zero-order chi connectivity index (χ0) is 13.8. The molecule has 106 valence electrons. The maximum Gasteiger partial charge on any atom is 0.122 e. The molecule has 1 aliphatic rings. The van der Waals surface area contributed by atoms with E-state index in [1.54, 1.807) is 0 Å². The summed E-state index contributed by atoms with van der Waals surface area (Å²) in [6.45, 7) is 8.77. The Balaban J connectivity index is 2.29. The Bertz CT molecular complexity index is 420. The number of phenols is 1. The maximum atomic E-state index is 10.5. The number of hydrogen-bond donors (Lipinski definition) is 2. The Kier molecular flexibility index (Phi) is 4.87. The summed E-state index contributed by atoms with van der Waals surface area (Å²) in [7, 11) is 0. The van der Waals surface area contributed by atoms with Gasteiger partial charge in [-0.1, -0.05) is 32.9 Å². The van der Waals surface area contributed by atoms with Crippen molar-refractivity contribution in [3.05, 3.63) is 28.8 Å². The second-order valence-electron chi connectivity index (χ2n) is 6.07. The van der Waals surface area contributed by atoms with Gasteiger partial charge in [0.25, 0.3) is 0 Å². The molecule has 2 heteroatoms. The van der Waals surface area contributed by atoms with E-state index in [0.717, 1.165) is 31.5 Å². The molecule has 0 aliphatic carbocycles. The molecular weight excluding hydrogens is 234 g/mol. The molecular formula is C17H27NO. The molecule has 0 radical (unpaired) electrons. The summed E-state index contributed by atoms with van der Waals surface area (Å²) in [5, 5.41) is 14.0. The minimum atomic E-state index is 0.475. The first-order valence-corrected chi connectivity index (χ1v) is 7.67. The Morgan fingerprint density at radius 2 is 2.16 bits per heavy atom. The average molecular weight is 261 g/mol. The highest BCUT2D eigenvalue weighted by Crippen LogP contribution is 2.33. The number of aryl methyl sites for hydroxylation is 1. The molecule has 0 spiro atoms. The third-order valence-electron chi connectivity index (χ3n) is 4.30. The molecule has 1 unspecified atom stereocenters. The molecule has 2 N–H and O–H groups in total. The molecule has 0 saturated carbocycles. The van der Waals surface area contributed by atoms with E-state index in [0.29, 0.717) is 17.6 Å². The normalized spacial score (nSPS) is 19.9. The molecule has 1 fully saturated rings. The van der Waals surface area contributed by atoms with Gasteiger partial charge in [-0.2, -0.15) is 0 Å². The van der Waals surface area contributed by atoms with Crippen LogP contribution in [0.4, 0.5) is 0 Å². The summed E-state index contributed by atoms with van der Waals surface area (Å²) in [4.78, 5) is 0. The fourth-order valence-electron chi connectivity index (χ4n) is 3.13. The van der Waals surface area contributed by atoms with Crippen LogP contribution in [0, 0.1) is 5.92 Å². The molecule has 1 atom stereocenters. The van der Waals surface area contributed by atoms with Gasteiger partial charge in [0.2, 0.25) is 0 Å². The van der Waals surface area contributed by atoms with Gasteiger partial charge in [-0.15, -0.1) is 0 Å². The van der Waals surface area contributed by atoms with E-state index in [-0.39, 0.29) is 0 Å². The van der Waals surface area contributed by atoms with Gasteiger partial charge in [0.1, 0.15) is 5.75 Å². The van der Waals surface area contributed by atoms with E-state index >= 15 is 0 Å². The van der Waals surface area contributed by atoms with Gasteiger partial charge in [0.15, 0.2) is 0 Å². The minimum Gasteiger partial charge on any atom is -0.507 e. The lowest BCUT2D eigenvalue weighted by Gasteiger charge is -2.25. The molecule has 2 rings (SSSR count). The van der Waals surface area contributed by atoms with Crippen LogP contribution in [0.15, 0.2) is 12.1 Å². The van der Waals surface area contributed by atoms with Crippen molar-refractivity contribution in [1.29, 1.82) is 0 Å². The quantitative estimate of drug-likeness (QED) is 0.867. The first-order chi connectivity index (χ1) is 9.13. The fraction of sp³-hybridized carbons (Fsp3) is 0.647. The molecule has 1 aromatic rings. The smallest absolute Gasteiger partial charge is 0.122 e. The summed E-state index contributed by atoms with van der Waals surface area (Å²) >= 11 is 0. The van der Waals surface area contributed by atoms with Gasteiger partial charge in [-0.3, -0.25) is 0 Å². The van der Waals surface area contributed by atoms with Gasteiger partial charge in [0.05, 0.1) is 0 Å². The third-order valence-corrected chi connectivity index (χ3v) is 4.30. The number of rotatable bonds is 4. The Labute approximate surface area is 117 Å². The predicted molar refractivity (Wildman–Crippen MR) is 80.9 cm³/mol. The van der Waals surface area contributed by atoms with Crippen LogP contribution >= 0.6 is 0 Å². The Morgan fingerprint density at radius 3 is 2.74 bits per heavy atom. The maximum absolute atomic E-state index is 10.5. The van der Waals surface area contributed by atoms with E-state index in [1.165, 1.54) is 24.0 Å². The fourth-order valence-corrected chi connectivity index (χ4v) is 3.13. The lowest BCUT2D eigenvalue weighted by molar-refractivity contribution is 0.368. The standard InChI is InChI=1S/C17H27NO/c1-4-14-7-8-15(12(2)3)16(17(14)19)10-13-6-5-9-18-11-13/h7-8,12-13,18-19H,4-6,9-11H2,1-3H3. The van der Waals surface area contributed by atoms with Crippen molar-refractivity contribution in [2.24, 2.45) is 5.92 Å². The molecule has 19 heavy (non-hydrogen) atoms. The highest BCUT2D eigenvalue weighted by Gasteiger charge is 2.20. The highest BCUT2D eigenvalue weighted by molar-refractivity contribution is 5.47. The van der Waals surface area contributed by atoms with Crippen molar-refractivity contribution in [1.82, 2.24) is 5.32 Å². The predicted octanol–water partition coefficient (Wildman–Crippen LogP) is 3.62. The number of aromatic hydroxyl groups is 1. The molecule has 0 bridgehead atoms. The van der Waals surface area contributed by atoms with Crippen LogP contribution in [0.3, 0.4) is 0 Å². The summed E-state index contributed by atoms with van der Waals surface area (Å²) in [5.41, 5.74) is 3.60. The zero-order valence-corrected chi connectivity index (χ0v) is 12.5. The minimum absolute atomic E-state index is 0.475. The number of benzene rings is 1. The molecule has 1 aliphatic heterocycles. The molecule has 1 aromatic carbocycles. The van der Waals surface area contributed by atoms with Crippen LogP contribution in [0.1, 0.15) is 56.2 Å². The molecule has 0 aromatic heterocycles. The van der Waals surface area contributed by atoms with Gasteiger partial charge in [-0.25, -0.2) is 0 Å². The van der Waals surface area contributed by atoms with Crippen molar-refractivity contribution in [3.8, 4) is 5.75 Å². The van der Waals surface area contributed by atoms with Crippen LogP contribution < -0.4 is 5.32 Å².